The van der Waals surface area contributed by atoms with Crippen LogP contribution >= 0.6 is 0 Å². The van der Waals surface area contributed by atoms with Crippen LogP contribution in [0.4, 0.5) is 0 Å². The van der Waals surface area contributed by atoms with Crippen molar-refractivity contribution in [3.8, 4) is 0 Å². The Morgan fingerprint density at radius 3 is 1.36 bits per heavy atom. The molecule has 0 amide bonds. The molecule has 0 saturated carbocycles. The molecule has 0 bridgehead atoms. The molecule has 0 aliphatic rings. The van der Waals surface area contributed by atoms with E-state index in [9.17, 15) is 4.79 Å². The van der Waals surface area contributed by atoms with Crippen LogP contribution < -0.4 is 0 Å². The lowest BCUT2D eigenvalue weighted by Gasteiger charge is -1.51. The predicted octanol–water partition coefficient (Wildman–Crippen LogP) is 4.09. The van der Waals surface area contributed by atoms with Crippen molar-refractivity contribution >= 4 is 6.29 Å². The van der Waals surface area contributed by atoms with Crippen molar-refractivity contribution in [2.45, 2.75) is 49.0 Å². The summed E-state index contributed by atoms with van der Waals surface area (Å²) in [6, 6.07) is 0. The van der Waals surface area contributed by atoms with E-state index in [-0.39, 0.29) is 14.9 Å². The number of carbonyl (C=O) groups excluding carboxylic acids is 1. The van der Waals surface area contributed by atoms with E-state index >= 15 is 0 Å². The molecule has 0 rings (SSSR count). The molecule has 0 aliphatic carbocycles. The van der Waals surface area contributed by atoms with Gasteiger partial charge in [0.1, 0.15) is 6.29 Å². The van der Waals surface area contributed by atoms with Crippen LogP contribution in [0.1, 0.15) is 49.0 Å². The van der Waals surface area contributed by atoms with Gasteiger partial charge >= 0.3 is 0 Å². The Bertz CT molecular complexity index is 40.1. The summed E-state index contributed by atoms with van der Waals surface area (Å²) in [5.74, 6) is 0. The van der Waals surface area contributed by atoms with Crippen molar-refractivity contribution < 1.29 is 4.79 Å². The number of carbonyl (C=O) groups is 1. The van der Waals surface area contributed by atoms with Gasteiger partial charge in [0, 0.05) is 6.42 Å². The molecular weight excluding hydrogens is 136 g/mol. The molecule has 0 N–H and O–H groups in total. The zero-order chi connectivity index (χ0) is 8.12. The third-order valence-electron chi connectivity index (χ3n) is 0.167. The number of hydrogen-bond donors (Lipinski definition) is 0. The van der Waals surface area contributed by atoms with E-state index in [2.05, 4.69) is 6.58 Å². The Kier molecular flexibility index (Phi) is 328. The third kappa shape index (κ3) is 3070. The minimum absolute atomic E-state index is 0. The van der Waals surface area contributed by atoms with E-state index < -0.39 is 0 Å². The van der Waals surface area contributed by atoms with E-state index in [1.54, 1.807) is 6.08 Å². The van der Waals surface area contributed by atoms with Crippen molar-refractivity contribution in [3.63, 3.8) is 0 Å². The molecule has 0 unspecified atom stereocenters. The number of hydrogen-bond acceptors (Lipinski definition) is 1. The number of aldehydes is 1. The van der Waals surface area contributed by atoms with Gasteiger partial charge in [0.25, 0.3) is 0 Å². The van der Waals surface area contributed by atoms with Gasteiger partial charge in [-0.2, -0.15) is 0 Å². The molecule has 0 aromatic carbocycles. The maximum atomic E-state index is 9.17. The molecule has 0 heterocycles. The van der Waals surface area contributed by atoms with Crippen LogP contribution in [0.15, 0.2) is 12.7 Å². The standard InChI is InChI=1S/C3H6O.C3H6.C2H6.2CH4/c1-2-3-4;1-3-2;1-2;;/h3H,2H2,1H3;3H,1H2,2H3;1-2H3;2*1H4. The quantitative estimate of drug-likeness (QED) is 0.419. The van der Waals surface area contributed by atoms with Crippen LogP contribution in [0.2, 0.25) is 0 Å². The van der Waals surface area contributed by atoms with Gasteiger partial charge in [0.05, 0.1) is 0 Å². The normalized spacial score (nSPS) is 4.00. The topological polar surface area (TPSA) is 17.1 Å². The second kappa shape index (κ2) is 115. The highest BCUT2D eigenvalue weighted by Crippen LogP contribution is 1.53. The Morgan fingerprint density at radius 2 is 1.36 bits per heavy atom. The van der Waals surface area contributed by atoms with Gasteiger partial charge in [-0.25, -0.2) is 0 Å². The van der Waals surface area contributed by atoms with E-state index in [1.165, 1.54) is 0 Å². The molecule has 0 spiro atoms. The van der Waals surface area contributed by atoms with Gasteiger partial charge in [0.15, 0.2) is 0 Å². The Labute approximate surface area is 73.5 Å². The summed E-state index contributed by atoms with van der Waals surface area (Å²) in [4.78, 5) is 9.17. The number of allylic oxidation sites excluding steroid dienone is 1. The lowest BCUT2D eigenvalue weighted by Crippen LogP contribution is -1.55. The van der Waals surface area contributed by atoms with Gasteiger partial charge in [-0.15, -0.1) is 6.58 Å². The van der Waals surface area contributed by atoms with Crippen molar-refractivity contribution in [2.24, 2.45) is 0 Å². The highest BCUT2D eigenvalue weighted by Gasteiger charge is 1.52. The third-order valence-corrected chi connectivity index (χ3v) is 0.167. The predicted molar refractivity (Wildman–Crippen MR) is 57.0 cm³/mol. The van der Waals surface area contributed by atoms with Gasteiger partial charge in [-0.05, 0) is 6.92 Å². The first-order chi connectivity index (χ1) is 4.33. The second-order valence-corrected chi connectivity index (χ2v) is 0.983. The molecule has 11 heavy (non-hydrogen) atoms. The van der Waals surface area contributed by atoms with E-state index in [1.807, 2.05) is 27.7 Å². The first-order valence-corrected chi connectivity index (χ1v) is 3.34. The first kappa shape index (κ1) is 31.5. The summed E-state index contributed by atoms with van der Waals surface area (Å²) >= 11 is 0. The average Bonchev–Trinajstić information content (AvgIpc) is 1.94. The van der Waals surface area contributed by atoms with Crippen molar-refractivity contribution in [1.29, 1.82) is 0 Å². The molecular formula is C10H26O. The zero-order valence-corrected chi connectivity index (χ0v) is 6.98. The van der Waals surface area contributed by atoms with E-state index in [0.717, 1.165) is 6.29 Å². The minimum Gasteiger partial charge on any atom is -0.303 e. The summed E-state index contributed by atoms with van der Waals surface area (Å²) < 4.78 is 0. The van der Waals surface area contributed by atoms with Crippen molar-refractivity contribution in [3.05, 3.63) is 12.7 Å². The maximum absolute atomic E-state index is 9.17. The first-order valence-electron chi connectivity index (χ1n) is 3.34. The summed E-state index contributed by atoms with van der Waals surface area (Å²) in [6.45, 7) is 11.1. The molecule has 0 radical (unpaired) electrons. The van der Waals surface area contributed by atoms with Crippen LogP contribution in [0.5, 0.6) is 0 Å². The lowest BCUT2D eigenvalue weighted by atomic mass is 10.6. The van der Waals surface area contributed by atoms with Crippen LogP contribution in [0.3, 0.4) is 0 Å². The molecule has 0 aliphatic heterocycles. The lowest BCUT2D eigenvalue weighted by molar-refractivity contribution is -0.107. The Hall–Kier alpha value is -0.590. The van der Waals surface area contributed by atoms with Gasteiger partial charge in [0.2, 0.25) is 0 Å². The van der Waals surface area contributed by atoms with Crippen LogP contribution in [0, 0.1) is 0 Å². The second-order valence-electron chi connectivity index (χ2n) is 0.983. The monoisotopic (exact) mass is 162 g/mol. The van der Waals surface area contributed by atoms with Crippen molar-refractivity contribution in [2.75, 3.05) is 0 Å². The summed E-state index contributed by atoms with van der Waals surface area (Å²) in [6.07, 6.45) is 3.26. The fourth-order valence-electron chi connectivity index (χ4n) is 0. The summed E-state index contributed by atoms with van der Waals surface area (Å²) in [7, 11) is 0. The van der Waals surface area contributed by atoms with Gasteiger partial charge in [-0.1, -0.05) is 41.7 Å². The zero-order valence-electron chi connectivity index (χ0n) is 6.98. The molecule has 0 atom stereocenters. The van der Waals surface area contributed by atoms with E-state index in [4.69, 9.17) is 0 Å². The Balaban J connectivity index is -0.0000000158. The molecule has 0 aromatic heterocycles. The SMILES string of the molecule is C.C.C=CC.CC.CCC=O. The smallest absolute Gasteiger partial charge is 0.119 e. The maximum Gasteiger partial charge on any atom is 0.119 e. The van der Waals surface area contributed by atoms with Gasteiger partial charge in [-0.3, -0.25) is 0 Å². The highest BCUT2D eigenvalue weighted by atomic mass is 16.1. The van der Waals surface area contributed by atoms with Crippen LogP contribution in [0.25, 0.3) is 0 Å². The van der Waals surface area contributed by atoms with Crippen LogP contribution in [-0.4, -0.2) is 6.29 Å². The largest absolute Gasteiger partial charge is 0.303 e. The van der Waals surface area contributed by atoms with Crippen LogP contribution in [-0.2, 0) is 4.79 Å². The number of rotatable bonds is 1. The fraction of sp³-hybridized carbons (Fsp3) is 0.700. The summed E-state index contributed by atoms with van der Waals surface area (Å²) in [5, 5.41) is 0. The molecule has 0 aromatic rings. The minimum atomic E-state index is 0. The Morgan fingerprint density at radius 1 is 1.27 bits per heavy atom. The molecule has 1 nitrogen and oxygen atoms in total. The molecule has 0 fully saturated rings. The molecule has 1 heteroatoms. The van der Waals surface area contributed by atoms with Crippen molar-refractivity contribution in [1.82, 2.24) is 0 Å². The average molecular weight is 162 g/mol. The van der Waals surface area contributed by atoms with E-state index in [0.29, 0.717) is 6.42 Å². The molecule has 72 valence electrons. The summed E-state index contributed by atoms with van der Waals surface area (Å²) in [5.41, 5.74) is 0. The molecule has 0 saturated heterocycles. The highest BCUT2D eigenvalue weighted by molar-refractivity contribution is 5.48. The fourth-order valence-corrected chi connectivity index (χ4v) is 0. The van der Waals surface area contributed by atoms with Gasteiger partial charge < -0.3 is 4.79 Å².